The largest absolute Gasteiger partial charge is 0.494 e. The van der Waals surface area contributed by atoms with E-state index in [0.717, 1.165) is 110 Å². The van der Waals surface area contributed by atoms with Gasteiger partial charge in [0.1, 0.15) is 35.0 Å². The highest BCUT2D eigenvalue weighted by atomic mass is 16.5. The van der Waals surface area contributed by atoms with Gasteiger partial charge in [0, 0.05) is 35.3 Å². The number of rotatable bonds is 20. The smallest absolute Gasteiger partial charge is 0.177 e. The number of aryl methyl sites for hydroxylation is 2. The maximum absolute atomic E-state index is 9.80. The summed E-state index contributed by atoms with van der Waals surface area (Å²) in [7, 11) is 0. The van der Waals surface area contributed by atoms with Crippen molar-refractivity contribution in [3.8, 4) is 68.7 Å². The van der Waals surface area contributed by atoms with Crippen LogP contribution in [0.15, 0.2) is 122 Å². The second-order valence-electron chi connectivity index (χ2n) is 13.9. The van der Waals surface area contributed by atoms with Crippen molar-refractivity contribution in [3.63, 3.8) is 0 Å². The number of para-hydroxylation sites is 2. The lowest BCUT2D eigenvalue weighted by atomic mass is 10.0. The molecule has 0 spiro atoms. The van der Waals surface area contributed by atoms with Crippen molar-refractivity contribution in [2.75, 3.05) is 13.2 Å². The number of aromatic nitrogens is 8. The Kier molecular flexibility index (Phi) is 13.6. The lowest BCUT2D eigenvalue weighted by molar-refractivity contribution is 0.303. The van der Waals surface area contributed by atoms with Crippen LogP contribution in [0.1, 0.15) is 62.8 Å². The van der Waals surface area contributed by atoms with Gasteiger partial charge in [0.15, 0.2) is 11.4 Å². The summed E-state index contributed by atoms with van der Waals surface area (Å²) in [6.07, 6.45) is 12.3. The van der Waals surface area contributed by atoms with Crippen LogP contribution in [0.4, 0.5) is 0 Å². The van der Waals surface area contributed by atoms with Crippen LogP contribution in [0, 0.1) is 22.7 Å². The van der Waals surface area contributed by atoms with Gasteiger partial charge in [-0.2, -0.15) is 10.5 Å². The second-order valence-corrected chi connectivity index (χ2v) is 13.9. The molecule has 7 rings (SSSR count). The van der Waals surface area contributed by atoms with Gasteiger partial charge in [-0.25, -0.2) is 9.97 Å². The van der Waals surface area contributed by atoms with Gasteiger partial charge in [-0.05, 0) is 62.8 Å². The maximum Gasteiger partial charge on any atom is 0.177 e. The third-order valence-electron chi connectivity index (χ3n) is 9.68. The van der Waals surface area contributed by atoms with Crippen LogP contribution in [0.5, 0.6) is 11.5 Å². The number of unbranched alkanes of at least 4 members (excludes halogenated alkanes) is 6. The van der Waals surface area contributed by atoms with Gasteiger partial charge in [-0.1, -0.05) is 108 Å². The Labute approximate surface area is 338 Å². The maximum atomic E-state index is 9.80. The summed E-state index contributed by atoms with van der Waals surface area (Å²) in [6, 6.07) is 39.4. The molecule has 0 unspecified atom stereocenters. The van der Waals surface area contributed by atoms with E-state index >= 15 is 0 Å². The fraction of sp³-hybridized carbons (Fsp3) is 0.261. The summed E-state index contributed by atoms with van der Waals surface area (Å²) in [4.78, 5) is 9.24. The van der Waals surface area contributed by atoms with Crippen LogP contribution in [0.25, 0.3) is 45.0 Å². The first-order valence-electron chi connectivity index (χ1n) is 19.8. The molecule has 0 bridgehead atoms. The van der Waals surface area contributed by atoms with Crippen molar-refractivity contribution in [3.05, 3.63) is 133 Å². The Balaban J connectivity index is 0.938. The molecule has 4 aromatic carbocycles. The lowest BCUT2D eigenvalue weighted by Crippen LogP contribution is -2.01. The first-order chi connectivity index (χ1) is 28.7. The van der Waals surface area contributed by atoms with Gasteiger partial charge in [-0.3, -0.25) is 9.36 Å². The molecule has 12 heteroatoms. The number of hydrogen-bond acceptors (Lipinski definition) is 10. The molecule has 0 aliphatic heterocycles. The molecule has 12 nitrogen and oxygen atoms in total. The number of nitrogens with zero attached hydrogens (tertiary/aromatic N) is 10. The second kappa shape index (κ2) is 20.1. The number of ether oxygens (including phenoxy) is 2. The highest BCUT2D eigenvalue weighted by Gasteiger charge is 2.18. The summed E-state index contributed by atoms with van der Waals surface area (Å²) < 4.78 is 15.3. The molecule has 0 saturated carbocycles. The van der Waals surface area contributed by atoms with E-state index in [1.165, 1.54) is 0 Å². The number of benzene rings is 4. The fourth-order valence-electron chi connectivity index (χ4n) is 6.54. The number of nitriles is 2. The molecule has 0 N–H and O–H groups in total. The van der Waals surface area contributed by atoms with Gasteiger partial charge in [0.05, 0.1) is 37.0 Å². The summed E-state index contributed by atoms with van der Waals surface area (Å²) in [6.45, 7) is 3.01. The third-order valence-corrected chi connectivity index (χ3v) is 9.68. The Bertz CT molecular complexity index is 2260. The Hall–Kier alpha value is -7.18. The molecular formula is C46H44N10O2. The van der Waals surface area contributed by atoms with Crippen molar-refractivity contribution in [2.45, 2.75) is 64.5 Å². The Morgan fingerprint density at radius 3 is 1.22 bits per heavy atom. The molecule has 3 heterocycles. The minimum Gasteiger partial charge on any atom is -0.494 e. The number of hydrogen-bond donors (Lipinski definition) is 0. The van der Waals surface area contributed by atoms with Crippen LogP contribution in [0.2, 0.25) is 0 Å². The standard InChI is InChI=1S/C46H44N10O2/c47-31-41-42(32-48)50-46(38-25-21-36(22-26-38)44-34-56(54-52-44)28-12-2-4-14-30-58-40-17-9-6-10-18-40)45(49-41)37-23-19-35(20-24-37)43-33-55(53-51-43)27-11-1-3-13-29-57-39-15-7-5-8-16-39/h5-10,15-26,33-34H,1-4,11-14,27-30H2. The van der Waals surface area contributed by atoms with Gasteiger partial charge in [-0.15, -0.1) is 10.2 Å². The van der Waals surface area contributed by atoms with E-state index in [1.54, 1.807) is 0 Å². The van der Waals surface area contributed by atoms with Crippen LogP contribution >= 0.6 is 0 Å². The fourth-order valence-corrected chi connectivity index (χ4v) is 6.54. The Morgan fingerprint density at radius 2 is 0.828 bits per heavy atom. The molecule has 0 aliphatic carbocycles. The van der Waals surface area contributed by atoms with Gasteiger partial charge in [0.25, 0.3) is 0 Å². The van der Waals surface area contributed by atoms with Gasteiger partial charge in [0.2, 0.25) is 0 Å². The molecule has 290 valence electrons. The van der Waals surface area contributed by atoms with Gasteiger partial charge < -0.3 is 9.47 Å². The molecule has 0 amide bonds. The Morgan fingerprint density at radius 1 is 0.448 bits per heavy atom. The first kappa shape index (κ1) is 39.1. The molecular weight excluding hydrogens is 725 g/mol. The van der Waals surface area contributed by atoms with E-state index in [2.05, 4.69) is 30.6 Å². The minimum atomic E-state index is -0.0225. The van der Waals surface area contributed by atoms with Crippen molar-refractivity contribution < 1.29 is 9.47 Å². The van der Waals surface area contributed by atoms with E-state index in [1.807, 2.05) is 143 Å². The zero-order chi connectivity index (χ0) is 39.8. The summed E-state index contributed by atoms with van der Waals surface area (Å²) in [5.74, 6) is 1.82. The zero-order valence-electron chi connectivity index (χ0n) is 32.3. The molecule has 0 atom stereocenters. The van der Waals surface area contributed by atoms with E-state index in [9.17, 15) is 10.5 Å². The van der Waals surface area contributed by atoms with Crippen molar-refractivity contribution in [2.24, 2.45) is 0 Å². The first-order valence-corrected chi connectivity index (χ1v) is 19.8. The molecule has 3 aromatic heterocycles. The minimum absolute atomic E-state index is 0.0225. The zero-order valence-corrected chi connectivity index (χ0v) is 32.3. The van der Waals surface area contributed by atoms with Crippen LogP contribution in [-0.2, 0) is 13.1 Å². The summed E-state index contributed by atoms with van der Waals surface area (Å²) in [5, 5.41) is 37.1. The molecule has 7 aromatic rings. The average molecular weight is 769 g/mol. The predicted molar refractivity (Wildman–Crippen MR) is 221 cm³/mol. The highest BCUT2D eigenvalue weighted by Crippen LogP contribution is 2.32. The van der Waals surface area contributed by atoms with E-state index in [0.29, 0.717) is 24.6 Å². The monoisotopic (exact) mass is 768 g/mol. The topological polar surface area (TPSA) is 153 Å². The van der Waals surface area contributed by atoms with Crippen molar-refractivity contribution >= 4 is 0 Å². The molecule has 0 saturated heterocycles. The molecule has 0 fully saturated rings. The summed E-state index contributed by atoms with van der Waals surface area (Å²) >= 11 is 0. The quantitative estimate of drug-likeness (QED) is 0.0686. The lowest BCUT2D eigenvalue weighted by Gasteiger charge is -2.11. The molecule has 0 aliphatic rings. The SMILES string of the molecule is N#Cc1nc(-c2ccc(-c3cn(CCCCCCOc4ccccc4)nn3)cc2)c(-c2ccc(-c3cn(CCCCCCOc4ccccc4)nn3)cc2)nc1C#N. The van der Waals surface area contributed by atoms with E-state index in [-0.39, 0.29) is 11.4 Å². The van der Waals surface area contributed by atoms with E-state index in [4.69, 9.17) is 9.47 Å². The summed E-state index contributed by atoms with van der Waals surface area (Å²) in [5.41, 5.74) is 5.82. The van der Waals surface area contributed by atoms with E-state index < -0.39 is 0 Å². The van der Waals surface area contributed by atoms with Crippen molar-refractivity contribution in [1.29, 1.82) is 10.5 Å². The average Bonchev–Trinajstić information content (AvgIpc) is 3.97. The predicted octanol–water partition coefficient (Wildman–Crippen LogP) is 9.35. The van der Waals surface area contributed by atoms with Crippen LogP contribution in [0.3, 0.4) is 0 Å². The molecule has 58 heavy (non-hydrogen) atoms. The third kappa shape index (κ3) is 10.6. The van der Waals surface area contributed by atoms with Crippen molar-refractivity contribution in [1.82, 2.24) is 40.0 Å². The highest BCUT2D eigenvalue weighted by molar-refractivity contribution is 5.80. The molecule has 0 radical (unpaired) electrons. The normalized spacial score (nSPS) is 10.9. The van der Waals surface area contributed by atoms with Crippen LogP contribution in [-0.4, -0.2) is 53.2 Å². The van der Waals surface area contributed by atoms with Gasteiger partial charge >= 0.3 is 0 Å². The van der Waals surface area contributed by atoms with Crippen LogP contribution < -0.4 is 9.47 Å².